The van der Waals surface area contributed by atoms with Crippen molar-refractivity contribution < 1.29 is 9.47 Å². The number of anilines is 1. The lowest BCUT2D eigenvalue weighted by Gasteiger charge is -2.12. The zero-order valence-electron chi connectivity index (χ0n) is 12.8. The molecule has 0 amide bonds. The highest BCUT2D eigenvalue weighted by Gasteiger charge is 2.15. The van der Waals surface area contributed by atoms with Crippen LogP contribution >= 0.6 is 0 Å². The summed E-state index contributed by atoms with van der Waals surface area (Å²) in [7, 11) is 3.28. The van der Waals surface area contributed by atoms with Crippen LogP contribution in [0.1, 0.15) is 6.42 Å². The molecule has 1 fully saturated rings. The van der Waals surface area contributed by atoms with Crippen molar-refractivity contribution in [3.8, 4) is 22.8 Å². The van der Waals surface area contributed by atoms with Gasteiger partial charge in [-0.05, 0) is 43.3 Å². The first-order chi connectivity index (χ1) is 10.8. The molecule has 1 aliphatic heterocycles. The minimum absolute atomic E-state index is 0.423. The van der Waals surface area contributed by atoms with Gasteiger partial charge in [-0.2, -0.15) is 0 Å². The highest BCUT2D eigenvalue weighted by atomic mass is 16.5. The molecule has 0 aliphatic carbocycles. The molecular weight excluding hydrogens is 280 g/mol. The first-order valence-electron chi connectivity index (χ1n) is 7.33. The Morgan fingerprint density at radius 1 is 1.14 bits per heavy atom. The van der Waals surface area contributed by atoms with Crippen LogP contribution in [-0.4, -0.2) is 43.5 Å². The number of nitrogens with zero attached hydrogens (tertiary/aromatic N) is 2. The van der Waals surface area contributed by atoms with E-state index in [0.717, 1.165) is 48.1 Å². The monoisotopic (exact) mass is 300 g/mol. The van der Waals surface area contributed by atoms with Crippen molar-refractivity contribution in [2.75, 3.05) is 32.6 Å². The summed E-state index contributed by atoms with van der Waals surface area (Å²) in [6, 6.07) is 9.93. The van der Waals surface area contributed by atoms with Crippen LogP contribution in [0.25, 0.3) is 11.3 Å². The summed E-state index contributed by atoms with van der Waals surface area (Å²) < 4.78 is 10.7. The molecule has 22 heavy (non-hydrogen) atoms. The van der Waals surface area contributed by atoms with E-state index in [4.69, 9.17) is 9.47 Å². The zero-order chi connectivity index (χ0) is 15.4. The van der Waals surface area contributed by atoms with Crippen molar-refractivity contribution in [2.45, 2.75) is 12.5 Å². The summed E-state index contributed by atoms with van der Waals surface area (Å²) in [6.07, 6.45) is 1.10. The molecule has 6 heteroatoms. The first-order valence-corrected chi connectivity index (χ1v) is 7.33. The number of aromatic nitrogens is 2. The van der Waals surface area contributed by atoms with Crippen LogP contribution < -0.4 is 20.1 Å². The van der Waals surface area contributed by atoms with Crippen LogP contribution in [0.15, 0.2) is 30.3 Å². The summed E-state index contributed by atoms with van der Waals surface area (Å²) in [5.41, 5.74) is 1.62. The topological polar surface area (TPSA) is 68.3 Å². The van der Waals surface area contributed by atoms with E-state index in [1.54, 1.807) is 14.2 Å². The Morgan fingerprint density at radius 3 is 2.68 bits per heavy atom. The Morgan fingerprint density at radius 2 is 2.05 bits per heavy atom. The number of hydrogen-bond donors (Lipinski definition) is 2. The van der Waals surface area contributed by atoms with Gasteiger partial charge in [0.15, 0.2) is 0 Å². The normalized spacial score (nSPS) is 17.3. The zero-order valence-corrected chi connectivity index (χ0v) is 12.8. The lowest BCUT2D eigenvalue weighted by Crippen LogP contribution is -2.22. The molecule has 3 rings (SSSR count). The molecular formula is C16H20N4O2. The molecule has 2 N–H and O–H groups in total. The summed E-state index contributed by atoms with van der Waals surface area (Å²) in [6.45, 7) is 2.01. The maximum absolute atomic E-state index is 5.39. The van der Waals surface area contributed by atoms with Crippen molar-refractivity contribution in [3.05, 3.63) is 30.3 Å². The molecule has 1 atom stereocenters. The Hall–Kier alpha value is -2.34. The summed E-state index contributed by atoms with van der Waals surface area (Å²) in [5.74, 6) is 2.30. The molecule has 1 aliphatic rings. The van der Waals surface area contributed by atoms with E-state index >= 15 is 0 Å². The molecule has 0 radical (unpaired) electrons. The third kappa shape index (κ3) is 3.12. The van der Waals surface area contributed by atoms with E-state index in [1.165, 1.54) is 0 Å². The number of hydrogen-bond acceptors (Lipinski definition) is 6. The smallest absolute Gasteiger partial charge is 0.148 e. The highest BCUT2D eigenvalue weighted by Crippen LogP contribution is 2.32. The summed E-state index contributed by atoms with van der Waals surface area (Å²) >= 11 is 0. The Kier molecular flexibility index (Phi) is 4.39. The van der Waals surface area contributed by atoms with Gasteiger partial charge in [0.25, 0.3) is 0 Å². The molecule has 116 valence electrons. The quantitative estimate of drug-likeness (QED) is 0.879. The van der Waals surface area contributed by atoms with Crippen molar-refractivity contribution in [3.63, 3.8) is 0 Å². The lowest BCUT2D eigenvalue weighted by molar-refractivity contribution is 0.404. The largest absolute Gasteiger partial charge is 0.497 e. The molecule has 0 spiro atoms. The SMILES string of the molecule is COc1ccc(OC)c(-c2ccc(NC3CCNC3)nn2)c1. The first kappa shape index (κ1) is 14.6. The predicted molar refractivity (Wildman–Crippen MR) is 85.5 cm³/mol. The Labute approximate surface area is 129 Å². The average molecular weight is 300 g/mol. The second kappa shape index (κ2) is 6.62. The average Bonchev–Trinajstić information content (AvgIpc) is 3.08. The van der Waals surface area contributed by atoms with Gasteiger partial charge in [-0.1, -0.05) is 0 Å². The standard InChI is InChI=1S/C16H20N4O2/c1-21-12-3-5-15(22-2)13(9-12)14-4-6-16(20-19-14)18-11-7-8-17-10-11/h3-6,9,11,17H,7-8,10H2,1-2H3,(H,18,20). The number of benzene rings is 1. The summed E-state index contributed by atoms with van der Waals surface area (Å²) in [5, 5.41) is 15.3. The molecule has 1 unspecified atom stereocenters. The van der Waals surface area contributed by atoms with E-state index in [0.29, 0.717) is 6.04 Å². The maximum atomic E-state index is 5.39. The highest BCUT2D eigenvalue weighted by molar-refractivity contribution is 5.69. The molecule has 0 bridgehead atoms. The van der Waals surface area contributed by atoms with Crippen molar-refractivity contribution in [2.24, 2.45) is 0 Å². The second-order valence-corrected chi connectivity index (χ2v) is 5.20. The number of rotatable bonds is 5. The molecule has 6 nitrogen and oxygen atoms in total. The molecule has 1 saturated heterocycles. The Bertz CT molecular complexity index is 625. The molecule has 2 aromatic rings. The fourth-order valence-corrected chi connectivity index (χ4v) is 2.55. The predicted octanol–water partition coefficient (Wildman–Crippen LogP) is 1.93. The second-order valence-electron chi connectivity index (χ2n) is 5.20. The third-order valence-electron chi connectivity index (χ3n) is 3.76. The van der Waals surface area contributed by atoms with Crippen LogP contribution in [0.5, 0.6) is 11.5 Å². The van der Waals surface area contributed by atoms with Gasteiger partial charge in [0.2, 0.25) is 0 Å². The Balaban J connectivity index is 1.82. The fraction of sp³-hybridized carbons (Fsp3) is 0.375. The summed E-state index contributed by atoms with van der Waals surface area (Å²) in [4.78, 5) is 0. The maximum Gasteiger partial charge on any atom is 0.148 e. The van der Waals surface area contributed by atoms with Crippen LogP contribution in [-0.2, 0) is 0 Å². The van der Waals surface area contributed by atoms with Gasteiger partial charge in [0, 0.05) is 18.2 Å². The molecule has 2 heterocycles. The van der Waals surface area contributed by atoms with Gasteiger partial charge >= 0.3 is 0 Å². The minimum atomic E-state index is 0.423. The van der Waals surface area contributed by atoms with Crippen molar-refractivity contribution in [1.29, 1.82) is 0 Å². The van der Waals surface area contributed by atoms with Gasteiger partial charge in [-0.25, -0.2) is 0 Å². The van der Waals surface area contributed by atoms with E-state index in [1.807, 2.05) is 30.3 Å². The van der Waals surface area contributed by atoms with Crippen molar-refractivity contribution in [1.82, 2.24) is 15.5 Å². The molecule has 1 aromatic carbocycles. The third-order valence-corrected chi connectivity index (χ3v) is 3.76. The van der Waals surface area contributed by atoms with Gasteiger partial charge < -0.3 is 20.1 Å². The van der Waals surface area contributed by atoms with Crippen LogP contribution in [0.2, 0.25) is 0 Å². The lowest BCUT2D eigenvalue weighted by atomic mass is 10.1. The van der Waals surface area contributed by atoms with Crippen LogP contribution in [0.3, 0.4) is 0 Å². The minimum Gasteiger partial charge on any atom is -0.497 e. The van der Waals surface area contributed by atoms with Crippen molar-refractivity contribution >= 4 is 5.82 Å². The van der Waals surface area contributed by atoms with Gasteiger partial charge in [0.1, 0.15) is 17.3 Å². The number of nitrogens with one attached hydrogen (secondary N) is 2. The van der Waals surface area contributed by atoms with E-state index in [9.17, 15) is 0 Å². The van der Waals surface area contributed by atoms with Gasteiger partial charge in [-0.15, -0.1) is 10.2 Å². The fourth-order valence-electron chi connectivity index (χ4n) is 2.55. The van der Waals surface area contributed by atoms with E-state index < -0.39 is 0 Å². The van der Waals surface area contributed by atoms with Crippen LogP contribution in [0.4, 0.5) is 5.82 Å². The van der Waals surface area contributed by atoms with E-state index in [-0.39, 0.29) is 0 Å². The van der Waals surface area contributed by atoms with E-state index in [2.05, 4.69) is 20.8 Å². The number of ether oxygens (including phenoxy) is 2. The molecule has 0 saturated carbocycles. The van der Waals surface area contributed by atoms with Crippen LogP contribution in [0, 0.1) is 0 Å². The number of methoxy groups -OCH3 is 2. The molecule has 1 aromatic heterocycles. The van der Waals surface area contributed by atoms with Gasteiger partial charge in [0.05, 0.1) is 19.9 Å². The van der Waals surface area contributed by atoms with Gasteiger partial charge in [-0.3, -0.25) is 0 Å².